The van der Waals surface area contributed by atoms with E-state index in [4.69, 9.17) is 11.6 Å². The summed E-state index contributed by atoms with van der Waals surface area (Å²) in [5, 5.41) is 6.46. The van der Waals surface area contributed by atoms with Crippen molar-refractivity contribution in [1.82, 2.24) is 9.99 Å². The lowest BCUT2D eigenvalue weighted by atomic mass is 10.2. The van der Waals surface area contributed by atoms with Crippen molar-refractivity contribution in [3.63, 3.8) is 0 Å². The van der Waals surface area contributed by atoms with Crippen LogP contribution in [0.4, 0.5) is 5.69 Å². The minimum absolute atomic E-state index is 0.149. The molecule has 1 heterocycles. The van der Waals surface area contributed by atoms with E-state index in [2.05, 4.69) is 32.0 Å². The van der Waals surface area contributed by atoms with E-state index in [-0.39, 0.29) is 5.69 Å². The molecule has 156 valence electrons. The molecule has 0 atom stereocenters. The molecule has 0 aliphatic carbocycles. The number of hydrogen-bond donors (Lipinski definition) is 3. The lowest BCUT2D eigenvalue weighted by Crippen LogP contribution is -2.40. The molecule has 3 amide bonds. The number of anilines is 1. The SMILES string of the molecule is CCCNC(=O)C(=O)Nn1c(C(=O)Nc2ccc(C)cc2Br)cc2cc(Cl)ccc21. The van der Waals surface area contributed by atoms with Crippen LogP contribution in [0.3, 0.4) is 0 Å². The van der Waals surface area contributed by atoms with Gasteiger partial charge in [0.25, 0.3) is 5.91 Å². The van der Waals surface area contributed by atoms with Crippen LogP contribution < -0.4 is 16.1 Å². The highest BCUT2D eigenvalue weighted by Gasteiger charge is 2.21. The van der Waals surface area contributed by atoms with Crippen molar-refractivity contribution in [2.45, 2.75) is 20.3 Å². The topological polar surface area (TPSA) is 92.2 Å². The Morgan fingerprint density at radius 2 is 1.83 bits per heavy atom. The summed E-state index contributed by atoms with van der Waals surface area (Å²) in [4.78, 5) is 37.4. The Bertz CT molecular complexity index is 1140. The molecule has 3 rings (SSSR count). The summed E-state index contributed by atoms with van der Waals surface area (Å²) in [6.07, 6.45) is 0.697. The Balaban J connectivity index is 1.96. The van der Waals surface area contributed by atoms with Crippen molar-refractivity contribution in [3.8, 4) is 0 Å². The molecule has 0 fully saturated rings. The van der Waals surface area contributed by atoms with Crippen LogP contribution in [-0.2, 0) is 9.59 Å². The van der Waals surface area contributed by atoms with Crippen LogP contribution in [-0.4, -0.2) is 28.9 Å². The molecule has 0 saturated heterocycles. The molecule has 0 aliphatic rings. The fourth-order valence-electron chi connectivity index (χ4n) is 2.85. The number of nitrogens with one attached hydrogen (secondary N) is 3. The first kappa shape index (κ1) is 21.9. The van der Waals surface area contributed by atoms with Gasteiger partial charge < -0.3 is 10.6 Å². The molecule has 9 heteroatoms. The summed E-state index contributed by atoms with van der Waals surface area (Å²) in [6, 6.07) is 12.1. The van der Waals surface area contributed by atoms with Crippen molar-refractivity contribution in [3.05, 3.63) is 63.2 Å². The van der Waals surface area contributed by atoms with Gasteiger partial charge >= 0.3 is 11.8 Å². The summed E-state index contributed by atoms with van der Waals surface area (Å²) >= 11 is 9.50. The van der Waals surface area contributed by atoms with E-state index in [0.29, 0.717) is 34.6 Å². The number of nitrogens with zero attached hydrogens (tertiary/aromatic N) is 1. The number of carbonyl (C=O) groups is 3. The number of aromatic nitrogens is 1. The number of halogens is 2. The highest BCUT2D eigenvalue weighted by atomic mass is 79.9. The molecule has 0 unspecified atom stereocenters. The van der Waals surface area contributed by atoms with Gasteiger partial charge in [0.2, 0.25) is 0 Å². The zero-order valence-electron chi connectivity index (χ0n) is 16.4. The highest BCUT2D eigenvalue weighted by Crippen LogP contribution is 2.26. The van der Waals surface area contributed by atoms with Crippen LogP contribution in [0.5, 0.6) is 0 Å². The predicted molar refractivity (Wildman–Crippen MR) is 121 cm³/mol. The van der Waals surface area contributed by atoms with Crippen LogP contribution in [0.2, 0.25) is 5.02 Å². The molecule has 30 heavy (non-hydrogen) atoms. The molecular weight excluding hydrogens is 472 g/mol. The van der Waals surface area contributed by atoms with E-state index in [0.717, 1.165) is 10.0 Å². The summed E-state index contributed by atoms with van der Waals surface area (Å²) in [6.45, 7) is 4.20. The lowest BCUT2D eigenvalue weighted by molar-refractivity contribution is -0.136. The van der Waals surface area contributed by atoms with E-state index < -0.39 is 17.7 Å². The second-order valence-electron chi connectivity index (χ2n) is 6.70. The van der Waals surface area contributed by atoms with Crippen molar-refractivity contribution >= 4 is 61.8 Å². The second-order valence-corrected chi connectivity index (χ2v) is 7.99. The van der Waals surface area contributed by atoms with Crippen LogP contribution in [0.25, 0.3) is 10.9 Å². The van der Waals surface area contributed by atoms with Gasteiger partial charge in [-0.1, -0.05) is 24.6 Å². The molecule has 0 spiro atoms. The molecule has 7 nitrogen and oxygen atoms in total. The number of aryl methyl sites for hydroxylation is 1. The maximum absolute atomic E-state index is 13.0. The van der Waals surface area contributed by atoms with Gasteiger partial charge in [-0.2, -0.15) is 0 Å². The fraction of sp³-hybridized carbons (Fsp3) is 0.190. The molecule has 1 aromatic heterocycles. The van der Waals surface area contributed by atoms with Crippen molar-refractivity contribution in [1.29, 1.82) is 0 Å². The third-order valence-corrected chi connectivity index (χ3v) is 5.22. The molecular formula is C21H20BrClN4O3. The zero-order valence-corrected chi connectivity index (χ0v) is 18.7. The first-order chi connectivity index (χ1) is 14.3. The maximum atomic E-state index is 13.0. The quantitative estimate of drug-likeness (QED) is 0.467. The summed E-state index contributed by atoms with van der Waals surface area (Å²) < 4.78 is 2.02. The van der Waals surface area contributed by atoms with Crippen LogP contribution >= 0.6 is 27.5 Å². The maximum Gasteiger partial charge on any atom is 0.328 e. The number of rotatable bonds is 5. The van der Waals surface area contributed by atoms with Crippen LogP contribution in [0.1, 0.15) is 29.4 Å². The van der Waals surface area contributed by atoms with Gasteiger partial charge in [-0.25, -0.2) is 4.68 Å². The van der Waals surface area contributed by atoms with Crippen molar-refractivity contribution in [2.75, 3.05) is 17.3 Å². The summed E-state index contributed by atoms with van der Waals surface area (Å²) in [7, 11) is 0. The second kappa shape index (κ2) is 9.32. The van der Waals surface area contributed by atoms with E-state index in [1.54, 1.807) is 30.3 Å². The molecule has 3 aromatic rings. The third-order valence-electron chi connectivity index (χ3n) is 4.32. The molecule has 0 radical (unpaired) electrons. The normalized spacial score (nSPS) is 10.7. The third kappa shape index (κ3) is 4.83. The minimum Gasteiger partial charge on any atom is -0.348 e. The Labute approximate surface area is 186 Å². The monoisotopic (exact) mass is 490 g/mol. The smallest absolute Gasteiger partial charge is 0.328 e. The first-order valence-electron chi connectivity index (χ1n) is 9.28. The molecule has 2 aromatic carbocycles. The average Bonchev–Trinajstić information content (AvgIpc) is 3.05. The summed E-state index contributed by atoms with van der Waals surface area (Å²) in [5.41, 5.74) is 4.80. The average molecular weight is 492 g/mol. The van der Waals surface area contributed by atoms with Gasteiger partial charge in [0.1, 0.15) is 5.69 Å². The first-order valence-corrected chi connectivity index (χ1v) is 10.4. The van der Waals surface area contributed by atoms with E-state index in [1.807, 2.05) is 26.0 Å². The van der Waals surface area contributed by atoms with Crippen molar-refractivity contribution < 1.29 is 14.4 Å². The molecule has 0 bridgehead atoms. The standard InChI is InChI=1S/C21H20BrClN4O3/c1-3-8-24-20(29)21(30)26-27-17-7-5-14(23)10-13(17)11-18(27)19(28)25-16-6-4-12(2)9-15(16)22/h4-7,9-11H,3,8H2,1-2H3,(H,24,29)(H,25,28)(H,26,30). The Morgan fingerprint density at radius 3 is 2.53 bits per heavy atom. The Kier molecular flexibility index (Phi) is 6.79. The lowest BCUT2D eigenvalue weighted by Gasteiger charge is -2.13. The predicted octanol–water partition coefficient (Wildman–Crippen LogP) is 4.21. The highest BCUT2D eigenvalue weighted by molar-refractivity contribution is 9.10. The summed E-state index contributed by atoms with van der Waals surface area (Å²) in [5.74, 6) is -2.11. The molecule has 0 saturated carbocycles. The number of hydrogen-bond acceptors (Lipinski definition) is 3. The number of carbonyl (C=O) groups excluding carboxylic acids is 3. The van der Waals surface area contributed by atoms with E-state index in [1.165, 1.54) is 4.68 Å². The van der Waals surface area contributed by atoms with Crippen LogP contribution in [0.15, 0.2) is 46.9 Å². The minimum atomic E-state index is -0.874. The zero-order chi connectivity index (χ0) is 21.8. The largest absolute Gasteiger partial charge is 0.348 e. The number of benzene rings is 2. The van der Waals surface area contributed by atoms with Gasteiger partial charge in [-0.15, -0.1) is 0 Å². The number of fused-ring (bicyclic) bond motifs is 1. The van der Waals surface area contributed by atoms with Gasteiger partial charge in [0.05, 0.1) is 11.2 Å². The number of amides is 3. The fourth-order valence-corrected chi connectivity index (χ4v) is 3.63. The Hall–Kier alpha value is -2.84. The van der Waals surface area contributed by atoms with Gasteiger partial charge in [0, 0.05) is 21.4 Å². The molecule has 3 N–H and O–H groups in total. The molecule has 0 aliphatic heterocycles. The van der Waals surface area contributed by atoms with Crippen molar-refractivity contribution in [2.24, 2.45) is 0 Å². The van der Waals surface area contributed by atoms with E-state index in [9.17, 15) is 14.4 Å². The van der Waals surface area contributed by atoms with Crippen LogP contribution in [0, 0.1) is 6.92 Å². The Morgan fingerprint density at radius 1 is 1.07 bits per heavy atom. The van der Waals surface area contributed by atoms with Gasteiger partial charge in [0.15, 0.2) is 0 Å². The van der Waals surface area contributed by atoms with Gasteiger partial charge in [-0.05, 0) is 71.2 Å². The van der Waals surface area contributed by atoms with E-state index >= 15 is 0 Å². The van der Waals surface area contributed by atoms with Gasteiger partial charge in [-0.3, -0.25) is 19.8 Å².